The van der Waals surface area contributed by atoms with Crippen molar-refractivity contribution in [2.45, 2.75) is 20.0 Å². The zero-order valence-corrected chi connectivity index (χ0v) is 8.25. The monoisotopic (exact) mass is 198 g/mol. The molecule has 0 saturated heterocycles. The SMILES string of the molecule is Cc1nc(C(O)CN=[N+]=[N-])sc1C. The highest BCUT2D eigenvalue weighted by Crippen LogP contribution is 2.22. The lowest BCUT2D eigenvalue weighted by molar-refractivity contribution is 0.186. The third-order valence-corrected chi connectivity index (χ3v) is 2.82. The molecule has 0 aliphatic heterocycles. The van der Waals surface area contributed by atoms with Crippen molar-refractivity contribution in [1.82, 2.24) is 4.98 Å². The fourth-order valence-corrected chi connectivity index (χ4v) is 1.73. The lowest BCUT2D eigenvalue weighted by Crippen LogP contribution is -1.99. The number of thiazole rings is 1. The van der Waals surface area contributed by atoms with Crippen LogP contribution in [0.4, 0.5) is 0 Å². The highest BCUT2D eigenvalue weighted by atomic mass is 32.1. The Morgan fingerprint density at radius 3 is 2.85 bits per heavy atom. The molecule has 1 rings (SSSR count). The Labute approximate surface area is 79.7 Å². The molecule has 0 bridgehead atoms. The molecule has 0 radical (unpaired) electrons. The van der Waals surface area contributed by atoms with Crippen LogP contribution in [0.15, 0.2) is 5.11 Å². The van der Waals surface area contributed by atoms with Crippen LogP contribution in [-0.2, 0) is 0 Å². The second-order valence-electron chi connectivity index (χ2n) is 2.62. The van der Waals surface area contributed by atoms with Crippen molar-refractivity contribution in [2.24, 2.45) is 5.11 Å². The van der Waals surface area contributed by atoms with E-state index in [2.05, 4.69) is 15.0 Å². The van der Waals surface area contributed by atoms with Crippen LogP contribution in [0.2, 0.25) is 0 Å². The molecule has 1 atom stereocenters. The fraction of sp³-hybridized carbons (Fsp3) is 0.571. The van der Waals surface area contributed by atoms with E-state index in [0.717, 1.165) is 10.6 Å². The number of aliphatic hydroxyl groups excluding tert-OH is 1. The molecule has 1 aromatic heterocycles. The lowest BCUT2D eigenvalue weighted by Gasteiger charge is -2.00. The van der Waals surface area contributed by atoms with Crippen molar-refractivity contribution in [3.05, 3.63) is 26.0 Å². The maximum Gasteiger partial charge on any atom is 0.122 e. The van der Waals surface area contributed by atoms with Crippen molar-refractivity contribution < 1.29 is 5.11 Å². The summed E-state index contributed by atoms with van der Waals surface area (Å²) in [4.78, 5) is 7.80. The molecule has 1 aromatic rings. The Morgan fingerprint density at radius 2 is 2.38 bits per heavy atom. The van der Waals surface area contributed by atoms with Gasteiger partial charge in [0.1, 0.15) is 11.1 Å². The number of azide groups is 1. The Hall–Kier alpha value is -1.10. The second kappa shape index (κ2) is 4.23. The summed E-state index contributed by atoms with van der Waals surface area (Å²) in [6.07, 6.45) is -0.770. The molecule has 0 fully saturated rings. The largest absolute Gasteiger partial charge is 0.386 e. The van der Waals surface area contributed by atoms with Gasteiger partial charge in [-0.15, -0.1) is 11.3 Å². The van der Waals surface area contributed by atoms with Crippen molar-refractivity contribution in [2.75, 3.05) is 6.54 Å². The normalized spacial score (nSPS) is 12.2. The predicted molar refractivity (Wildman–Crippen MR) is 50.6 cm³/mol. The minimum Gasteiger partial charge on any atom is -0.386 e. The van der Waals surface area contributed by atoms with E-state index in [4.69, 9.17) is 5.53 Å². The third kappa shape index (κ3) is 2.42. The van der Waals surface area contributed by atoms with Crippen LogP contribution in [0, 0.1) is 13.8 Å². The standard InChI is InChI=1S/C7H10N4OS/c1-4-5(2)13-7(10-4)6(12)3-9-11-8/h6,12H,3H2,1-2H3. The molecule has 0 spiro atoms. The van der Waals surface area contributed by atoms with Crippen LogP contribution in [0.5, 0.6) is 0 Å². The van der Waals surface area contributed by atoms with Gasteiger partial charge in [0.15, 0.2) is 0 Å². The van der Waals surface area contributed by atoms with Gasteiger partial charge in [0, 0.05) is 9.79 Å². The van der Waals surface area contributed by atoms with Gasteiger partial charge in [-0.05, 0) is 19.4 Å². The predicted octanol–water partition coefficient (Wildman–Crippen LogP) is 2.10. The topological polar surface area (TPSA) is 81.9 Å². The van der Waals surface area contributed by atoms with Crippen LogP contribution in [0.3, 0.4) is 0 Å². The molecule has 6 heteroatoms. The first-order chi connectivity index (χ1) is 6.15. The number of aryl methyl sites for hydroxylation is 2. The first-order valence-corrected chi connectivity index (χ1v) is 4.59. The number of hydrogen-bond acceptors (Lipinski definition) is 4. The summed E-state index contributed by atoms with van der Waals surface area (Å²) in [5.74, 6) is 0. The number of nitrogens with zero attached hydrogens (tertiary/aromatic N) is 4. The zero-order chi connectivity index (χ0) is 9.84. The van der Waals surface area contributed by atoms with Gasteiger partial charge in [0.05, 0.1) is 12.2 Å². The Bertz CT molecular complexity index is 323. The molecule has 5 nitrogen and oxygen atoms in total. The number of rotatable bonds is 3. The summed E-state index contributed by atoms with van der Waals surface area (Å²) in [6.45, 7) is 3.87. The van der Waals surface area contributed by atoms with E-state index < -0.39 is 6.10 Å². The molecule has 70 valence electrons. The summed E-state index contributed by atoms with van der Waals surface area (Å²) in [5.41, 5.74) is 8.97. The van der Waals surface area contributed by atoms with Crippen LogP contribution in [0.25, 0.3) is 10.4 Å². The van der Waals surface area contributed by atoms with Gasteiger partial charge in [0.2, 0.25) is 0 Å². The molecular weight excluding hydrogens is 188 g/mol. The summed E-state index contributed by atoms with van der Waals surface area (Å²) in [6, 6.07) is 0. The summed E-state index contributed by atoms with van der Waals surface area (Å²) < 4.78 is 0. The molecular formula is C7H10N4OS. The average molecular weight is 198 g/mol. The van der Waals surface area contributed by atoms with Crippen molar-refractivity contribution >= 4 is 11.3 Å². The Morgan fingerprint density at radius 1 is 1.69 bits per heavy atom. The Balaban J connectivity index is 2.76. The van der Waals surface area contributed by atoms with E-state index in [0.29, 0.717) is 5.01 Å². The van der Waals surface area contributed by atoms with Gasteiger partial charge < -0.3 is 5.11 Å². The first-order valence-electron chi connectivity index (χ1n) is 3.78. The van der Waals surface area contributed by atoms with Gasteiger partial charge >= 0.3 is 0 Å². The zero-order valence-electron chi connectivity index (χ0n) is 7.43. The van der Waals surface area contributed by atoms with E-state index in [9.17, 15) is 5.11 Å². The van der Waals surface area contributed by atoms with Crippen molar-refractivity contribution in [1.29, 1.82) is 0 Å². The maximum absolute atomic E-state index is 9.47. The second-order valence-corrected chi connectivity index (χ2v) is 3.86. The van der Waals surface area contributed by atoms with Gasteiger partial charge in [-0.2, -0.15) is 0 Å². The molecule has 0 aliphatic carbocycles. The average Bonchev–Trinajstić information content (AvgIpc) is 2.43. The smallest absolute Gasteiger partial charge is 0.122 e. The quantitative estimate of drug-likeness (QED) is 0.458. The van der Waals surface area contributed by atoms with Crippen LogP contribution < -0.4 is 0 Å². The minimum absolute atomic E-state index is 0.0445. The van der Waals surface area contributed by atoms with E-state index in [1.54, 1.807) is 0 Å². The molecule has 1 N–H and O–H groups in total. The molecule has 1 heterocycles. The van der Waals surface area contributed by atoms with Crippen molar-refractivity contribution in [3.8, 4) is 0 Å². The van der Waals surface area contributed by atoms with Crippen LogP contribution >= 0.6 is 11.3 Å². The van der Waals surface area contributed by atoms with Gasteiger partial charge in [0.25, 0.3) is 0 Å². The molecule has 13 heavy (non-hydrogen) atoms. The van der Waals surface area contributed by atoms with E-state index in [1.165, 1.54) is 11.3 Å². The van der Waals surface area contributed by atoms with Gasteiger partial charge in [-0.1, -0.05) is 5.11 Å². The fourth-order valence-electron chi connectivity index (χ4n) is 0.832. The number of aliphatic hydroxyl groups is 1. The molecule has 0 aliphatic rings. The van der Waals surface area contributed by atoms with Crippen LogP contribution in [0.1, 0.15) is 21.7 Å². The van der Waals surface area contributed by atoms with Crippen molar-refractivity contribution in [3.63, 3.8) is 0 Å². The highest BCUT2D eigenvalue weighted by Gasteiger charge is 2.11. The Kier molecular flexibility index (Phi) is 3.25. The minimum atomic E-state index is -0.770. The summed E-state index contributed by atoms with van der Waals surface area (Å²) in [7, 11) is 0. The summed E-state index contributed by atoms with van der Waals surface area (Å²) >= 11 is 1.43. The van der Waals surface area contributed by atoms with E-state index >= 15 is 0 Å². The molecule has 0 amide bonds. The number of hydrogen-bond donors (Lipinski definition) is 1. The first kappa shape index (κ1) is 9.98. The van der Waals surface area contributed by atoms with E-state index in [-0.39, 0.29) is 6.54 Å². The van der Waals surface area contributed by atoms with Gasteiger partial charge in [-0.25, -0.2) is 4.98 Å². The third-order valence-electron chi connectivity index (χ3n) is 1.65. The van der Waals surface area contributed by atoms with Crippen LogP contribution in [-0.4, -0.2) is 16.6 Å². The number of aromatic nitrogens is 1. The highest BCUT2D eigenvalue weighted by molar-refractivity contribution is 7.11. The maximum atomic E-state index is 9.47. The lowest BCUT2D eigenvalue weighted by atomic mass is 10.4. The van der Waals surface area contributed by atoms with E-state index in [1.807, 2.05) is 13.8 Å². The molecule has 0 saturated carbocycles. The molecule has 1 unspecified atom stereocenters. The summed E-state index contributed by atoms with van der Waals surface area (Å²) in [5, 5.41) is 13.4. The van der Waals surface area contributed by atoms with Gasteiger partial charge in [-0.3, -0.25) is 0 Å². The molecule has 0 aromatic carbocycles.